The van der Waals surface area contributed by atoms with Crippen molar-refractivity contribution >= 4 is 29.3 Å². The van der Waals surface area contributed by atoms with Gasteiger partial charge in [-0.15, -0.1) is 0 Å². The second-order valence-corrected chi connectivity index (χ2v) is 5.40. The fourth-order valence-corrected chi connectivity index (χ4v) is 2.76. The molecule has 0 atom stereocenters. The van der Waals surface area contributed by atoms with Crippen LogP contribution < -0.4 is 10.2 Å². The highest BCUT2D eigenvalue weighted by Gasteiger charge is 2.29. The van der Waals surface area contributed by atoms with E-state index in [1.165, 1.54) is 12.1 Å². The van der Waals surface area contributed by atoms with Crippen molar-refractivity contribution in [1.29, 1.82) is 0 Å². The summed E-state index contributed by atoms with van der Waals surface area (Å²) in [6.45, 7) is 0. The monoisotopic (exact) mass is 319 g/mol. The number of hydrazone groups is 1. The lowest BCUT2D eigenvalue weighted by Crippen LogP contribution is -2.12. The van der Waals surface area contributed by atoms with Crippen LogP contribution in [0.4, 0.5) is 5.69 Å². The van der Waals surface area contributed by atoms with E-state index in [1.54, 1.807) is 19.2 Å². The molecular formula is C18H13N3O3. The lowest BCUT2D eigenvalue weighted by Gasteiger charge is -2.02. The highest BCUT2D eigenvalue weighted by Crippen LogP contribution is 2.32. The number of rotatable bonds is 3. The summed E-state index contributed by atoms with van der Waals surface area (Å²) in [6, 6.07) is 12.3. The Labute approximate surface area is 137 Å². The average molecular weight is 319 g/mol. The van der Waals surface area contributed by atoms with Gasteiger partial charge in [0.15, 0.2) is 5.84 Å². The molecule has 0 bridgehead atoms. The SMILES string of the molecule is COc1ccc2c(c1)C=C1C(=Nc3cccc(C(=O)O)c3)NN=C12. The van der Waals surface area contributed by atoms with Gasteiger partial charge in [0.1, 0.15) is 11.5 Å². The van der Waals surface area contributed by atoms with Crippen LogP contribution in [-0.2, 0) is 0 Å². The number of ether oxygens (including phenoxy) is 1. The van der Waals surface area contributed by atoms with Crippen molar-refractivity contribution in [2.75, 3.05) is 7.11 Å². The van der Waals surface area contributed by atoms with E-state index in [0.717, 1.165) is 28.2 Å². The first kappa shape index (κ1) is 14.2. The van der Waals surface area contributed by atoms with E-state index in [-0.39, 0.29) is 5.56 Å². The van der Waals surface area contributed by atoms with E-state index in [2.05, 4.69) is 15.5 Å². The van der Waals surface area contributed by atoms with E-state index in [9.17, 15) is 4.79 Å². The zero-order valence-corrected chi connectivity index (χ0v) is 12.8. The van der Waals surface area contributed by atoms with Crippen LogP contribution in [0.1, 0.15) is 21.5 Å². The van der Waals surface area contributed by atoms with Crippen LogP contribution in [0, 0.1) is 0 Å². The molecule has 0 unspecified atom stereocenters. The topological polar surface area (TPSA) is 83.3 Å². The molecule has 2 aromatic rings. The summed E-state index contributed by atoms with van der Waals surface area (Å²) < 4.78 is 5.25. The Kier molecular flexibility index (Phi) is 3.16. The number of aromatic carboxylic acids is 1. The molecule has 6 heteroatoms. The molecule has 0 radical (unpaired) electrons. The van der Waals surface area contributed by atoms with Crippen molar-refractivity contribution in [3.8, 4) is 5.75 Å². The van der Waals surface area contributed by atoms with Crippen LogP contribution in [-0.4, -0.2) is 29.7 Å². The summed E-state index contributed by atoms with van der Waals surface area (Å²) in [5.41, 5.74) is 7.44. The van der Waals surface area contributed by atoms with Crippen molar-refractivity contribution in [1.82, 2.24) is 5.43 Å². The van der Waals surface area contributed by atoms with Gasteiger partial charge in [0.25, 0.3) is 0 Å². The van der Waals surface area contributed by atoms with E-state index >= 15 is 0 Å². The molecule has 0 amide bonds. The maximum Gasteiger partial charge on any atom is 0.335 e. The third-order valence-corrected chi connectivity index (χ3v) is 3.93. The molecule has 118 valence electrons. The zero-order valence-electron chi connectivity index (χ0n) is 12.8. The predicted molar refractivity (Wildman–Crippen MR) is 91.1 cm³/mol. The summed E-state index contributed by atoms with van der Waals surface area (Å²) in [5.74, 6) is 0.405. The zero-order chi connectivity index (χ0) is 16.7. The van der Waals surface area contributed by atoms with Crippen molar-refractivity contribution in [2.24, 2.45) is 10.1 Å². The first-order chi connectivity index (χ1) is 11.7. The van der Waals surface area contributed by atoms with Crippen LogP contribution in [0.15, 0.2) is 58.1 Å². The lowest BCUT2D eigenvalue weighted by atomic mass is 10.1. The van der Waals surface area contributed by atoms with Gasteiger partial charge in [-0.05, 0) is 48.0 Å². The Morgan fingerprint density at radius 3 is 2.92 bits per heavy atom. The molecule has 24 heavy (non-hydrogen) atoms. The number of carboxylic acid groups (broad SMARTS) is 1. The number of nitrogens with one attached hydrogen (secondary N) is 1. The maximum absolute atomic E-state index is 11.1. The Morgan fingerprint density at radius 1 is 1.25 bits per heavy atom. The molecule has 4 rings (SSSR count). The van der Waals surface area contributed by atoms with Gasteiger partial charge in [0.05, 0.1) is 18.4 Å². The Bertz CT molecular complexity index is 958. The molecule has 0 saturated heterocycles. The van der Waals surface area contributed by atoms with Gasteiger partial charge in [0.2, 0.25) is 0 Å². The van der Waals surface area contributed by atoms with Crippen LogP contribution >= 0.6 is 0 Å². The molecule has 0 fully saturated rings. The van der Waals surface area contributed by atoms with E-state index in [1.807, 2.05) is 24.3 Å². The second kappa shape index (κ2) is 5.34. The second-order valence-electron chi connectivity index (χ2n) is 5.40. The van der Waals surface area contributed by atoms with Gasteiger partial charge < -0.3 is 9.84 Å². The molecule has 0 aromatic heterocycles. The molecule has 2 N–H and O–H groups in total. The van der Waals surface area contributed by atoms with Crippen molar-refractivity contribution in [2.45, 2.75) is 0 Å². The highest BCUT2D eigenvalue weighted by molar-refractivity contribution is 6.38. The van der Waals surface area contributed by atoms with Crippen molar-refractivity contribution in [3.05, 3.63) is 64.7 Å². The standard InChI is InChI=1S/C18H13N3O3/c1-24-13-5-6-14-11(8-13)9-15-16(14)20-21-17(15)19-12-4-2-3-10(7-12)18(22)23/h2-9H,1H3,(H,19,21)(H,22,23). The molecule has 0 spiro atoms. The fourth-order valence-electron chi connectivity index (χ4n) is 2.76. The normalized spacial score (nSPS) is 16.1. The molecular weight excluding hydrogens is 306 g/mol. The fraction of sp³-hybridized carbons (Fsp3) is 0.0556. The summed E-state index contributed by atoms with van der Waals surface area (Å²) in [7, 11) is 1.63. The molecule has 1 aliphatic heterocycles. The van der Waals surface area contributed by atoms with E-state index in [0.29, 0.717) is 11.5 Å². The summed E-state index contributed by atoms with van der Waals surface area (Å²) in [5, 5.41) is 13.4. The van der Waals surface area contributed by atoms with E-state index < -0.39 is 5.97 Å². The number of aliphatic imine (C=N–C) groups is 1. The molecule has 2 aromatic carbocycles. The number of nitrogens with zero attached hydrogens (tertiary/aromatic N) is 2. The maximum atomic E-state index is 11.1. The number of methoxy groups -OCH3 is 1. The van der Waals surface area contributed by atoms with Gasteiger partial charge in [0, 0.05) is 11.1 Å². The van der Waals surface area contributed by atoms with Crippen LogP contribution in [0.25, 0.3) is 6.08 Å². The van der Waals surface area contributed by atoms with Gasteiger partial charge in [-0.1, -0.05) is 6.07 Å². The van der Waals surface area contributed by atoms with Crippen LogP contribution in [0.5, 0.6) is 5.75 Å². The molecule has 1 heterocycles. The molecule has 6 nitrogen and oxygen atoms in total. The Balaban J connectivity index is 1.71. The quantitative estimate of drug-likeness (QED) is 0.911. The van der Waals surface area contributed by atoms with E-state index in [4.69, 9.17) is 9.84 Å². The third-order valence-electron chi connectivity index (χ3n) is 3.93. The Hall–Kier alpha value is -3.41. The number of hydrogen-bond acceptors (Lipinski definition) is 4. The minimum atomic E-state index is -0.979. The first-order valence-corrected chi connectivity index (χ1v) is 7.32. The van der Waals surface area contributed by atoms with Gasteiger partial charge in [-0.3, -0.25) is 5.43 Å². The number of amidine groups is 1. The van der Waals surface area contributed by atoms with Gasteiger partial charge >= 0.3 is 5.97 Å². The predicted octanol–water partition coefficient (Wildman–Crippen LogP) is 2.83. The number of benzene rings is 2. The van der Waals surface area contributed by atoms with Gasteiger partial charge in [-0.2, -0.15) is 5.10 Å². The number of fused-ring (bicyclic) bond motifs is 3. The lowest BCUT2D eigenvalue weighted by molar-refractivity contribution is 0.0697. The number of carboxylic acids is 1. The summed E-state index contributed by atoms with van der Waals surface area (Å²) in [4.78, 5) is 15.6. The molecule has 1 aliphatic carbocycles. The smallest absolute Gasteiger partial charge is 0.335 e. The summed E-state index contributed by atoms with van der Waals surface area (Å²) >= 11 is 0. The average Bonchev–Trinajstić information content (AvgIpc) is 3.14. The van der Waals surface area contributed by atoms with Crippen molar-refractivity contribution < 1.29 is 14.6 Å². The minimum absolute atomic E-state index is 0.199. The highest BCUT2D eigenvalue weighted by atomic mass is 16.5. The van der Waals surface area contributed by atoms with Crippen molar-refractivity contribution in [3.63, 3.8) is 0 Å². The van der Waals surface area contributed by atoms with Crippen LogP contribution in [0.3, 0.4) is 0 Å². The van der Waals surface area contributed by atoms with Gasteiger partial charge in [-0.25, -0.2) is 9.79 Å². The minimum Gasteiger partial charge on any atom is -0.497 e. The molecule has 2 aliphatic rings. The largest absolute Gasteiger partial charge is 0.497 e. The summed E-state index contributed by atoms with van der Waals surface area (Å²) in [6.07, 6.45) is 2.00. The number of carbonyl (C=O) groups is 1. The first-order valence-electron chi connectivity index (χ1n) is 7.32. The van der Waals surface area contributed by atoms with Crippen LogP contribution in [0.2, 0.25) is 0 Å². The Morgan fingerprint density at radius 2 is 2.12 bits per heavy atom. The number of hydrogen-bond donors (Lipinski definition) is 2. The third kappa shape index (κ3) is 2.25. The molecule has 0 saturated carbocycles.